The lowest BCUT2D eigenvalue weighted by molar-refractivity contribution is -0.873. The molecule has 7 heteroatoms. The number of carbonyl (C=O) groups is 3. The SMILES string of the molecule is [2H]C([2H])([2H])[N+](C[C@@H](CC(=O)Oc1ccccc1)OC(=O)CCCC(=O)O)(C([2H])([2H])[2H])C([2H])([2H])[2H]. The number of ether oxygens (including phenoxy) is 2. The average molecular weight is 361 g/mol. The third kappa shape index (κ3) is 10.1. The summed E-state index contributed by atoms with van der Waals surface area (Å²) in [7, 11) is 0. The van der Waals surface area contributed by atoms with Crippen LogP contribution in [0, 0.1) is 0 Å². The van der Waals surface area contributed by atoms with Crippen LogP contribution < -0.4 is 4.74 Å². The van der Waals surface area contributed by atoms with Gasteiger partial charge in [-0.2, -0.15) is 0 Å². The number of quaternary nitrogens is 1. The van der Waals surface area contributed by atoms with E-state index in [0.29, 0.717) is 0 Å². The number of para-hydroxylation sites is 1. The van der Waals surface area contributed by atoms with Gasteiger partial charge in [0.05, 0.1) is 39.7 Å². The topological polar surface area (TPSA) is 89.9 Å². The molecule has 0 radical (unpaired) electrons. The number of carboxylic acid groups (broad SMARTS) is 1. The first-order valence-electron chi connectivity index (χ1n) is 12.0. The highest BCUT2D eigenvalue weighted by Crippen LogP contribution is 2.13. The second kappa shape index (κ2) is 9.78. The summed E-state index contributed by atoms with van der Waals surface area (Å²) in [6.07, 6.45) is -3.62. The van der Waals surface area contributed by atoms with E-state index in [0.717, 1.165) is 0 Å². The van der Waals surface area contributed by atoms with E-state index in [9.17, 15) is 14.4 Å². The minimum Gasteiger partial charge on any atom is -0.481 e. The van der Waals surface area contributed by atoms with Crippen LogP contribution in [0.3, 0.4) is 0 Å². The van der Waals surface area contributed by atoms with Gasteiger partial charge in [0.2, 0.25) is 0 Å². The molecule has 1 aromatic carbocycles. The number of nitrogens with zero attached hydrogens (tertiary/aromatic N) is 1. The molecule has 0 unspecified atom stereocenters. The predicted molar refractivity (Wildman–Crippen MR) is 91.0 cm³/mol. The van der Waals surface area contributed by atoms with E-state index in [1.54, 1.807) is 18.2 Å². The zero-order valence-electron chi connectivity index (χ0n) is 22.4. The first-order chi connectivity index (χ1) is 15.4. The van der Waals surface area contributed by atoms with Crippen LogP contribution in [0.15, 0.2) is 30.3 Å². The lowest BCUT2D eigenvalue weighted by Crippen LogP contribution is -2.44. The lowest BCUT2D eigenvalue weighted by atomic mass is 10.2. The number of likely N-dealkylation sites (N-methyl/N-ethyl adjacent to an activating group) is 1. The van der Waals surface area contributed by atoms with Gasteiger partial charge in [-0.15, -0.1) is 0 Å². The van der Waals surface area contributed by atoms with Gasteiger partial charge in [-0.3, -0.25) is 14.4 Å². The van der Waals surface area contributed by atoms with Gasteiger partial charge in [0, 0.05) is 12.8 Å². The number of benzene rings is 1. The van der Waals surface area contributed by atoms with Gasteiger partial charge >= 0.3 is 17.9 Å². The predicted octanol–water partition coefficient (Wildman–Crippen LogP) is 1.85. The molecule has 0 spiro atoms. The first kappa shape index (κ1) is 10.6. The molecule has 1 atom stereocenters. The molecule has 7 nitrogen and oxygen atoms in total. The first-order valence-corrected chi connectivity index (χ1v) is 7.46. The van der Waals surface area contributed by atoms with E-state index in [2.05, 4.69) is 0 Å². The Morgan fingerprint density at radius 2 is 1.80 bits per heavy atom. The summed E-state index contributed by atoms with van der Waals surface area (Å²) >= 11 is 0. The standard InChI is InChI=1S/C18H25NO6/c1-19(2,3)13-15(25-17(22)11-7-10-16(20)21)12-18(23)24-14-8-5-4-6-9-14/h4-6,8-9,15H,7,10-13H2,1-3H3/p+1/t15-/m1/s1/i1D3,2D3,3D3. The molecule has 0 aliphatic heterocycles. The average Bonchev–Trinajstić information content (AvgIpc) is 2.63. The molecule has 0 aliphatic carbocycles. The number of rotatable bonds is 10. The third-order valence-corrected chi connectivity index (χ3v) is 2.92. The molecule has 0 aromatic heterocycles. The van der Waals surface area contributed by atoms with Crippen LogP contribution in [0.25, 0.3) is 0 Å². The lowest BCUT2D eigenvalue weighted by Gasteiger charge is -2.28. The van der Waals surface area contributed by atoms with Gasteiger partial charge in [-0.1, -0.05) is 18.2 Å². The van der Waals surface area contributed by atoms with Crippen molar-refractivity contribution in [2.45, 2.75) is 31.8 Å². The van der Waals surface area contributed by atoms with Gasteiger partial charge in [0.1, 0.15) is 12.3 Å². The van der Waals surface area contributed by atoms with Crippen molar-refractivity contribution in [2.75, 3.05) is 27.5 Å². The van der Waals surface area contributed by atoms with Gasteiger partial charge in [-0.05, 0) is 18.6 Å². The van der Waals surface area contributed by atoms with Gasteiger partial charge in [0.15, 0.2) is 6.10 Å². The Morgan fingerprint density at radius 3 is 2.40 bits per heavy atom. The summed E-state index contributed by atoms with van der Waals surface area (Å²) in [5, 5.41) is 8.69. The molecule has 1 rings (SSSR count). The van der Waals surface area contributed by atoms with Crippen LogP contribution in [0.5, 0.6) is 5.75 Å². The Bertz CT molecular complexity index is 816. The minimum absolute atomic E-state index is 0.0993. The largest absolute Gasteiger partial charge is 0.481 e. The second-order valence-electron chi connectivity index (χ2n) is 5.34. The quantitative estimate of drug-likeness (QED) is 0.389. The molecule has 0 aliphatic rings. The van der Waals surface area contributed by atoms with Crippen LogP contribution in [-0.2, 0) is 19.1 Å². The molecule has 0 bridgehead atoms. The fraction of sp³-hybridized carbons (Fsp3) is 0.500. The van der Waals surface area contributed by atoms with Crippen molar-refractivity contribution in [3.8, 4) is 5.75 Å². The summed E-state index contributed by atoms with van der Waals surface area (Å²) in [6.45, 7) is -12.1. The van der Waals surface area contributed by atoms with E-state index >= 15 is 0 Å². The zero-order chi connectivity index (χ0) is 26.4. The Morgan fingerprint density at radius 1 is 1.12 bits per heavy atom. The Kier molecular flexibility index (Phi) is 4.13. The molecule has 0 saturated heterocycles. The van der Waals surface area contributed by atoms with Crippen LogP contribution >= 0.6 is 0 Å². The van der Waals surface area contributed by atoms with Gasteiger partial charge in [-0.25, -0.2) is 0 Å². The molecule has 138 valence electrons. The maximum absolute atomic E-state index is 12.4. The Balaban J connectivity index is 3.28. The van der Waals surface area contributed by atoms with Crippen LogP contribution in [-0.4, -0.2) is 61.1 Å². The fourth-order valence-electron chi connectivity index (χ4n) is 1.93. The van der Waals surface area contributed by atoms with E-state index in [4.69, 9.17) is 26.9 Å². The minimum atomic E-state index is -3.62. The third-order valence-electron chi connectivity index (χ3n) is 2.92. The van der Waals surface area contributed by atoms with Crippen molar-refractivity contribution >= 4 is 17.9 Å². The monoisotopic (exact) mass is 361 g/mol. The summed E-state index contributed by atoms with van der Waals surface area (Å²) in [5.41, 5.74) is 0. The molecular formula is C18H26NO6+. The molecule has 0 heterocycles. The number of carboxylic acids is 1. The summed E-state index contributed by atoms with van der Waals surface area (Å²) in [6, 6.07) is 7.62. The van der Waals surface area contributed by atoms with Crippen molar-refractivity contribution in [2.24, 2.45) is 0 Å². The van der Waals surface area contributed by atoms with E-state index in [-0.39, 0.29) is 18.6 Å². The molecule has 0 fully saturated rings. The van der Waals surface area contributed by atoms with Crippen molar-refractivity contribution in [3.63, 3.8) is 0 Å². The smallest absolute Gasteiger partial charge is 0.315 e. The summed E-state index contributed by atoms with van der Waals surface area (Å²) in [4.78, 5) is 35.3. The maximum atomic E-state index is 12.4. The summed E-state index contributed by atoms with van der Waals surface area (Å²) < 4.78 is 77.1. The molecule has 0 amide bonds. The Labute approximate surface area is 160 Å². The number of hydrogen-bond donors (Lipinski definition) is 1. The number of aliphatic carboxylic acids is 1. The Hall–Kier alpha value is -2.41. The van der Waals surface area contributed by atoms with Gasteiger partial charge in [0.25, 0.3) is 0 Å². The zero-order valence-corrected chi connectivity index (χ0v) is 13.4. The molecule has 1 aromatic rings. The molecule has 1 N–H and O–H groups in total. The van der Waals surface area contributed by atoms with Crippen LogP contribution in [0.1, 0.15) is 38.0 Å². The van der Waals surface area contributed by atoms with E-state index in [1.807, 2.05) is 0 Å². The molecular weight excluding hydrogens is 326 g/mol. The summed E-state index contributed by atoms with van der Waals surface area (Å²) in [5.74, 6) is -3.17. The van der Waals surface area contributed by atoms with Crippen LogP contribution in [0.4, 0.5) is 0 Å². The number of carbonyl (C=O) groups excluding carboxylic acids is 2. The van der Waals surface area contributed by atoms with E-state index < -0.39 is 68.8 Å². The van der Waals surface area contributed by atoms with Crippen molar-refractivity contribution in [1.29, 1.82) is 0 Å². The van der Waals surface area contributed by atoms with Crippen molar-refractivity contribution in [1.82, 2.24) is 0 Å². The highest BCUT2D eigenvalue weighted by molar-refractivity contribution is 5.74. The van der Waals surface area contributed by atoms with Crippen LogP contribution in [0.2, 0.25) is 0 Å². The second-order valence-corrected chi connectivity index (χ2v) is 5.34. The fourth-order valence-corrected chi connectivity index (χ4v) is 1.93. The normalized spacial score (nSPS) is 19.1. The highest BCUT2D eigenvalue weighted by Gasteiger charge is 2.26. The number of esters is 2. The maximum Gasteiger partial charge on any atom is 0.315 e. The number of hydrogen-bond acceptors (Lipinski definition) is 5. The van der Waals surface area contributed by atoms with E-state index in [1.165, 1.54) is 12.1 Å². The molecule has 25 heavy (non-hydrogen) atoms. The van der Waals surface area contributed by atoms with Crippen molar-refractivity contribution in [3.05, 3.63) is 30.3 Å². The van der Waals surface area contributed by atoms with Crippen molar-refractivity contribution < 1.29 is 45.8 Å². The molecule has 0 saturated carbocycles. The highest BCUT2D eigenvalue weighted by atomic mass is 16.6. The van der Waals surface area contributed by atoms with Gasteiger partial charge < -0.3 is 19.1 Å².